The Hall–Kier alpha value is -0.890. The molecule has 0 amide bonds. The number of fused-ring (bicyclic) bond motifs is 1. The SMILES string of the molecule is C[C@]12C=CC(=O)[C@@H](O)[C@@H]1CC=CC2. The lowest BCUT2D eigenvalue weighted by Gasteiger charge is -2.41. The molecule has 2 nitrogen and oxygen atoms in total. The number of carbonyl (C=O) groups is 1. The summed E-state index contributed by atoms with van der Waals surface area (Å²) in [7, 11) is 0. The van der Waals surface area contributed by atoms with Crippen molar-refractivity contribution in [2.24, 2.45) is 11.3 Å². The first-order chi connectivity index (χ1) is 6.13. The van der Waals surface area contributed by atoms with Gasteiger partial charge in [-0.05, 0) is 24.3 Å². The van der Waals surface area contributed by atoms with Crippen molar-refractivity contribution < 1.29 is 9.90 Å². The maximum absolute atomic E-state index is 11.2. The van der Waals surface area contributed by atoms with Crippen LogP contribution in [0.1, 0.15) is 19.8 Å². The normalized spacial score (nSPS) is 43.4. The lowest BCUT2D eigenvalue weighted by atomic mass is 9.64. The zero-order valence-electron chi connectivity index (χ0n) is 7.73. The molecular weight excluding hydrogens is 164 g/mol. The molecule has 3 atom stereocenters. The van der Waals surface area contributed by atoms with E-state index in [1.807, 2.05) is 6.08 Å². The Labute approximate surface area is 78.0 Å². The van der Waals surface area contributed by atoms with Crippen molar-refractivity contribution in [2.75, 3.05) is 0 Å². The minimum absolute atomic E-state index is 0.0118. The molecule has 0 saturated heterocycles. The summed E-state index contributed by atoms with van der Waals surface area (Å²) < 4.78 is 0. The van der Waals surface area contributed by atoms with Gasteiger partial charge in [0.2, 0.25) is 0 Å². The van der Waals surface area contributed by atoms with Gasteiger partial charge >= 0.3 is 0 Å². The molecule has 2 aliphatic rings. The smallest absolute Gasteiger partial charge is 0.184 e. The molecule has 1 N–H and O–H groups in total. The third-order valence-electron chi connectivity index (χ3n) is 3.26. The molecule has 70 valence electrons. The summed E-state index contributed by atoms with van der Waals surface area (Å²) >= 11 is 0. The quantitative estimate of drug-likeness (QED) is 0.570. The van der Waals surface area contributed by atoms with Gasteiger partial charge in [-0.25, -0.2) is 0 Å². The van der Waals surface area contributed by atoms with Crippen molar-refractivity contribution in [1.82, 2.24) is 0 Å². The van der Waals surface area contributed by atoms with Crippen molar-refractivity contribution in [2.45, 2.75) is 25.9 Å². The van der Waals surface area contributed by atoms with Crippen LogP contribution in [-0.2, 0) is 4.79 Å². The van der Waals surface area contributed by atoms with Crippen LogP contribution in [0.3, 0.4) is 0 Å². The highest BCUT2D eigenvalue weighted by Gasteiger charge is 2.42. The van der Waals surface area contributed by atoms with Crippen LogP contribution < -0.4 is 0 Å². The molecule has 0 bridgehead atoms. The monoisotopic (exact) mass is 178 g/mol. The summed E-state index contributed by atoms with van der Waals surface area (Å²) in [6, 6.07) is 0. The van der Waals surface area contributed by atoms with Gasteiger partial charge in [0.15, 0.2) is 5.78 Å². The van der Waals surface area contributed by atoms with Crippen LogP contribution in [0.4, 0.5) is 0 Å². The van der Waals surface area contributed by atoms with Gasteiger partial charge in [0.05, 0.1) is 0 Å². The number of aliphatic hydroxyl groups excluding tert-OH is 1. The molecule has 0 fully saturated rings. The maximum atomic E-state index is 11.2. The van der Waals surface area contributed by atoms with Gasteiger partial charge in [0.25, 0.3) is 0 Å². The van der Waals surface area contributed by atoms with Gasteiger partial charge in [-0.1, -0.05) is 25.2 Å². The van der Waals surface area contributed by atoms with Gasteiger partial charge in [-0.3, -0.25) is 4.79 Å². The largest absolute Gasteiger partial charge is 0.385 e. The molecule has 0 aliphatic heterocycles. The lowest BCUT2D eigenvalue weighted by molar-refractivity contribution is -0.128. The van der Waals surface area contributed by atoms with Crippen LogP contribution in [0.5, 0.6) is 0 Å². The molecule has 0 unspecified atom stereocenters. The van der Waals surface area contributed by atoms with E-state index in [9.17, 15) is 9.90 Å². The maximum Gasteiger partial charge on any atom is 0.184 e. The predicted octanol–water partition coefficient (Wildman–Crippen LogP) is 1.46. The number of hydrogen-bond acceptors (Lipinski definition) is 2. The Morgan fingerprint density at radius 3 is 3.08 bits per heavy atom. The first kappa shape index (κ1) is 8.70. The molecule has 0 heterocycles. The standard InChI is InChI=1S/C11H14O2/c1-11-6-3-2-4-8(11)10(13)9(12)5-7-11/h2-3,5,7-8,10,13H,4,6H2,1H3/t8-,10-,11-/m0/s1. The summed E-state index contributed by atoms with van der Waals surface area (Å²) in [5.41, 5.74) is -0.0118. The van der Waals surface area contributed by atoms with Crippen LogP contribution in [0.15, 0.2) is 24.3 Å². The first-order valence-electron chi connectivity index (χ1n) is 4.70. The lowest BCUT2D eigenvalue weighted by Crippen LogP contribution is -2.43. The first-order valence-corrected chi connectivity index (χ1v) is 4.70. The molecule has 2 rings (SSSR count). The van der Waals surface area contributed by atoms with Gasteiger partial charge in [0.1, 0.15) is 6.10 Å². The second kappa shape index (κ2) is 2.81. The highest BCUT2D eigenvalue weighted by atomic mass is 16.3. The topological polar surface area (TPSA) is 37.3 Å². The molecule has 13 heavy (non-hydrogen) atoms. The number of ketones is 1. The van der Waals surface area contributed by atoms with Crippen LogP contribution in [0, 0.1) is 11.3 Å². The van der Waals surface area contributed by atoms with Gasteiger partial charge < -0.3 is 5.11 Å². The van der Waals surface area contributed by atoms with Crippen LogP contribution in [0.2, 0.25) is 0 Å². The molecule has 0 aromatic rings. The summed E-state index contributed by atoms with van der Waals surface area (Å²) in [5.74, 6) is -0.0622. The van der Waals surface area contributed by atoms with E-state index in [4.69, 9.17) is 0 Å². The van der Waals surface area contributed by atoms with Crippen molar-refractivity contribution >= 4 is 5.78 Å². The van der Waals surface area contributed by atoms with Crippen molar-refractivity contribution in [3.05, 3.63) is 24.3 Å². The second-order valence-electron chi connectivity index (χ2n) is 4.20. The number of carbonyl (C=O) groups excluding carboxylic acids is 1. The average Bonchev–Trinajstić information content (AvgIpc) is 2.12. The third kappa shape index (κ3) is 1.25. The van der Waals surface area contributed by atoms with E-state index >= 15 is 0 Å². The fourth-order valence-electron chi connectivity index (χ4n) is 2.25. The Kier molecular flexibility index (Phi) is 1.88. The van der Waals surface area contributed by atoms with Crippen LogP contribution in [0.25, 0.3) is 0 Å². The van der Waals surface area contributed by atoms with E-state index in [0.717, 1.165) is 12.8 Å². The fraction of sp³-hybridized carbons (Fsp3) is 0.545. The zero-order valence-corrected chi connectivity index (χ0v) is 7.73. The Morgan fingerprint density at radius 1 is 1.54 bits per heavy atom. The minimum Gasteiger partial charge on any atom is -0.385 e. The molecule has 2 heteroatoms. The van der Waals surface area contributed by atoms with Crippen molar-refractivity contribution in [3.8, 4) is 0 Å². The minimum atomic E-state index is -0.792. The summed E-state index contributed by atoms with van der Waals surface area (Å²) in [6.45, 7) is 2.10. The Bertz CT molecular complexity index is 290. The van der Waals surface area contributed by atoms with Crippen molar-refractivity contribution in [3.63, 3.8) is 0 Å². The van der Waals surface area contributed by atoms with E-state index in [1.54, 1.807) is 0 Å². The zero-order chi connectivity index (χ0) is 9.47. The number of hydrogen-bond donors (Lipinski definition) is 1. The van der Waals surface area contributed by atoms with Crippen LogP contribution in [-0.4, -0.2) is 17.0 Å². The summed E-state index contributed by atoms with van der Waals surface area (Å²) in [5, 5.41) is 9.70. The van der Waals surface area contributed by atoms with E-state index in [-0.39, 0.29) is 17.1 Å². The van der Waals surface area contributed by atoms with E-state index in [0.29, 0.717) is 0 Å². The highest BCUT2D eigenvalue weighted by molar-refractivity contribution is 5.94. The molecular formula is C11H14O2. The molecule has 0 spiro atoms. The number of rotatable bonds is 0. The highest BCUT2D eigenvalue weighted by Crippen LogP contribution is 2.43. The van der Waals surface area contributed by atoms with Crippen LogP contribution >= 0.6 is 0 Å². The Morgan fingerprint density at radius 2 is 2.31 bits per heavy atom. The molecule has 0 aromatic carbocycles. The van der Waals surface area contributed by atoms with Gasteiger partial charge in [0, 0.05) is 5.92 Å². The molecule has 0 saturated carbocycles. The Balaban J connectivity index is 2.37. The third-order valence-corrected chi connectivity index (χ3v) is 3.26. The van der Waals surface area contributed by atoms with E-state index in [2.05, 4.69) is 19.1 Å². The molecule has 2 aliphatic carbocycles. The number of allylic oxidation sites excluding steroid dienone is 3. The molecule has 0 radical (unpaired) electrons. The summed E-state index contributed by atoms with van der Waals surface area (Å²) in [6.07, 6.45) is 8.62. The second-order valence-corrected chi connectivity index (χ2v) is 4.20. The van der Waals surface area contributed by atoms with Gasteiger partial charge in [-0.2, -0.15) is 0 Å². The predicted molar refractivity (Wildman–Crippen MR) is 50.1 cm³/mol. The molecule has 0 aromatic heterocycles. The fourth-order valence-corrected chi connectivity index (χ4v) is 2.25. The van der Waals surface area contributed by atoms with E-state index < -0.39 is 6.10 Å². The van der Waals surface area contributed by atoms with Gasteiger partial charge in [-0.15, -0.1) is 0 Å². The van der Waals surface area contributed by atoms with E-state index in [1.165, 1.54) is 6.08 Å². The van der Waals surface area contributed by atoms with Crippen molar-refractivity contribution in [1.29, 1.82) is 0 Å². The average molecular weight is 178 g/mol. The summed E-state index contributed by atoms with van der Waals surface area (Å²) in [4.78, 5) is 11.2. The number of aliphatic hydroxyl groups is 1.